The van der Waals surface area contributed by atoms with Crippen molar-refractivity contribution in [3.63, 3.8) is 0 Å². The van der Waals surface area contributed by atoms with Crippen LogP contribution in [0.4, 0.5) is 0 Å². The molecule has 1 saturated carbocycles. The van der Waals surface area contributed by atoms with Crippen LogP contribution >= 0.6 is 11.6 Å². The number of carboxylic acids is 1. The number of hydrogen-bond acceptors (Lipinski definition) is 2. The molecule has 5 heteroatoms. The van der Waals surface area contributed by atoms with Crippen LogP contribution in [0.15, 0.2) is 24.3 Å². The molecule has 0 atom stereocenters. The van der Waals surface area contributed by atoms with Crippen molar-refractivity contribution in [1.29, 1.82) is 0 Å². The van der Waals surface area contributed by atoms with Crippen LogP contribution in [0.5, 0.6) is 0 Å². The third-order valence-corrected chi connectivity index (χ3v) is 5.70. The number of nitrogens with one attached hydrogen (secondary N) is 1. The molecule has 25 heavy (non-hydrogen) atoms. The predicted molar refractivity (Wildman–Crippen MR) is 101 cm³/mol. The Labute approximate surface area is 153 Å². The third kappa shape index (κ3) is 3.75. The van der Waals surface area contributed by atoms with Gasteiger partial charge >= 0.3 is 5.97 Å². The second kappa shape index (κ2) is 7.63. The van der Waals surface area contributed by atoms with Crippen LogP contribution in [-0.2, 0) is 13.1 Å². The quantitative estimate of drug-likeness (QED) is 0.795. The Hall–Kier alpha value is -1.78. The Morgan fingerprint density at radius 3 is 2.56 bits per heavy atom. The second-order valence-electron chi connectivity index (χ2n) is 6.87. The Morgan fingerprint density at radius 2 is 1.92 bits per heavy atom. The van der Waals surface area contributed by atoms with Gasteiger partial charge in [0.25, 0.3) is 0 Å². The summed E-state index contributed by atoms with van der Waals surface area (Å²) in [7, 11) is 0. The van der Waals surface area contributed by atoms with E-state index in [2.05, 4.69) is 9.88 Å². The van der Waals surface area contributed by atoms with Crippen LogP contribution in [0.1, 0.15) is 58.6 Å². The molecular formula is C20H25ClN2O2. The van der Waals surface area contributed by atoms with E-state index in [9.17, 15) is 9.90 Å². The van der Waals surface area contributed by atoms with Crippen LogP contribution in [0, 0.1) is 13.8 Å². The van der Waals surface area contributed by atoms with E-state index in [4.69, 9.17) is 11.6 Å². The molecule has 4 nitrogen and oxygen atoms in total. The summed E-state index contributed by atoms with van der Waals surface area (Å²) in [5.74, 6) is -0.860. The van der Waals surface area contributed by atoms with Gasteiger partial charge in [-0.05, 0) is 38.3 Å². The van der Waals surface area contributed by atoms with Gasteiger partial charge in [-0.25, -0.2) is 4.79 Å². The average molecular weight is 361 g/mol. The largest absolute Gasteiger partial charge is 0.478 e. The molecule has 1 aromatic carbocycles. The number of aromatic carboxylic acids is 1. The van der Waals surface area contributed by atoms with Crippen molar-refractivity contribution >= 4 is 17.6 Å². The summed E-state index contributed by atoms with van der Waals surface area (Å²) >= 11 is 6.29. The lowest BCUT2D eigenvalue weighted by Crippen LogP contribution is -2.26. The molecule has 0 radical (unpaired) electrons. The van der Waals surface area contributed by atoms with Gasteiger partial charge in [-0.2, -0.15) is 0 Å². The number of nitrogens with zero attached hydrogens (tertiary/aromatic N) is 1. The van der Waals surface area contributed by atoms with Crippen molar-refractivity contribution in [2.45, 2.75) is 58.7 Å². The van der Waals surface area contributed by atoms with Gasteiger partial charge < -0.3 is 15.0 Å². The zero-order valence-corrected chi connectivity index (χ0v) is 15.6. The minimum absolute atomic E-state index is 0.426. The highest BCUT2D eigenvalue weighted by Gasteiger charge is 2.24. The van der Waals surface area contributed by atoms with Crippen molar-refractivity contribution in [2.75, 3.05) is 0 Å². The van der Waals surface area contributed by atoms with Crippen LogP contribution < -0.4 is 5.32 Å². The van der Waals surface area contributed by atoms with Gasteiger partial charge in [0.2, 0.25) is 0 Å². The standard InChI is InChI=1S/C20H25ClN2O2/c1-13-17(11-22-16-8-4-5-9-16)19(20(24)25)14(2)23(13)12-15-7-3-6-10-18(15)21/h3,6-7,10,16,22H,4-5,8-9,11-12H2,1-2H3,(H,24,25). The smallest absolute Gasteiger partial charge is 0.337 e. The average Bonchev–Trinajstić information content (AvgIpc) is 3.16. The summed E-state index contributed by atoms with van der Waals surface area (Å²) in [4.78, 5) is 11.9. The van der Waals surface area contributed by atoms with E-state index in [1.165, 1.54) is 25.7 Å². The van der Waals surface area contributed by atoms with E-state index in [0.29, 0.717) is 29.7 Å². The first-order valence-electron chi connectivity index (χ1n) is 8.87. The fourth-order valence-corrected chi connectivity index (χ4v) is 4.05. The fourth-order valence-electron chi connectivity index (χ4n) is 3.86. The van der Waals surface area contributed by atoms with Crippen molar-refractivity contribution in [2.24, 2.45) is 0 Å². The Morgan fingerprint density at radius 1 is 1.24 bits per heavy atom. The van der Waals surface area contributed by atoms with Gasteiger partial charge in [-0.15, -0.1) is 0 Å². The number of rotatable bonds is 6. The summed E-state index contributed by atoms with van der Waals surface area (Å²) in [5, 5.41) is 14.0. The van der Waals surface area contributed by atoms with Crippen molar-refractivity contribution in [3.8, 4) is 0 Å². The lowest BCUT2D eigenvalue weighted by Gasteiger charge is -2.13. The molecule has 0 unspecified atom stereocenters. The Bertz CT molecular complexity index is 776. The highest BCUT2D eigenvalue weighted by atomic mass is 35.5. The summed E-state index contributed by atoms with van der Waals surface area (Å²) in [6.45, 7) is 5.07. The van der Waals surface area contributed by atoms with Crippen molar-refractivity contribution < 1.29 is 9.90 Å². The molecule has 1 heterocycles. The molecule has 134 valence electrons. The second-order valence-corrected chi connectivity index (χ2v) is 7.28. The lowest BCUT2D eigenvalue weighted by molar-refractivity contribution is 0.0694. The molecule has 1 aromatic heterocycles. The van der Waals surface area contributed by atoms with Crippen molar-refractivity contribution in [1.82, 2.24) is 9.88 Å². The summed E-state index contributed by atoms with van der Waals surface area (Å²) < 4.78 is 2.07. The number of aromatic nitrogens is 1. The molecule has 0 spiro atoms. The van der Waals surface area contributed by atoms with Crippen LogP contribution in [0.3, 0.4) is 0 Å². The number of carbonyl (C=O) groups is 1. The van der Waals surface area contributed by atoms with E-state index < -0.39 is 5.97 Å². The van der Waals surface area contributed by atoms with E-state index in [-0.39, 0.29) is 0 Å². The van der Waals surface area contributed by atoms with Gasteiger partial charge in [-0.3, -0.25) is 0 Å². The predicted octanol–water partition coefficient (Wildman–Crippen LogP) is 4.54. The lowest BCUT2D eigenvalue weighted by atomic mass is 10.1. The first-order valence-corrected chi connectivity index (χ1v) is 9.25. The zero-order valence-electron chi connectivity index (χ0n) is 14.8. The molecule has 1 fully saturated rings. The van der Waals surface area contributed by atoms with E-state index >= 15 is 0 Å². The van der Waals surface area contributed by atoms with E-state index in [0.717, 1.165) is 22.5 Å². The monoisotopic (exact) mass is 360 g/mol. The van der Waals surface area contributed by atoms with Crippen LogP contribution in [0.2, 0.25) is 5.02 Å². The molecule has 3 rings (SSSR count). The van der Waals surface area contributed by atoms with Gasteiger partial charge in [-0.1, -0.05) is 42.6 Å². The first kappa shape index (κ1) is 18.0. The van der Waals surface area contributed by atoms with Gasteiger partial charge in [0.15, 0.2) is 0 Å². The highest BCUT2D eigenvalue weighted by Crippen LogP contribution is 2.26. The minimum atomic E-state index is -0.860. The minimum Gasteiger partial charge on any atom is -0.478 e. The maximum Gasteiger partial charge on any atom is 0.337 e. The normalized spacial score (nSPS) is 15.0. The van der Waals surface area contributed by atoms with Gasteiger partial charge in [0, 0.05) is 41.1 Å². The molecule has 0 bridgehead atoms. The topological polar surface area (TPSA) is 54.3 Å². The number of carboxylic acid groups (broad SMARTS) is 1. The number of hydrogen-bond donors (Lipinski definition) is 2. The Kier molecular flexibility index (Phi) is 5.50. The zero-order chi connectivity index (χ0) is 18.0. The van der Waals surface area contributed by atoms with Gasteiger partial charge in [0.05, 0.1) is 5.56 Å². The molecule has 0 aliphatic heterocycles. The van der Waals surface area contributed by atoms with Gasteiger partial charge in [0.1, 0.15) is 0 Å². The SMILES string of the molecule is Cc1c(CNC2CCCC2)c(C(=O)O)c(C)n1Cc1ccccc1Cl. The summed E-state index contributed by atoms with van der Waals surface area (Å²) in [6.07, 6.45) is 4.88. The summed E-state index contributed by atoms with van der Waals surface area (Å²) in [5.41, 5.74) is 4.10. The van der Waals surface area contributed by atoms with Crippen LogP contribution in [0.25, 0.3) is 0 Å². The molecule has 1 aliphatic carbocycles. The number of halogens is 1. The van der Waals surface area contributed by atoms with E-state index in [1.54, 1.807) is 0 Å². The molecule has 1 aliphatic rings. The molecule has 0 amide bonds. The molecular weight excluding hydrogens is 336 g/mol. The van der Waals surface area contributed by atoms with Crippen LogP contribution in [-0.4, -0.2) is 21.7 Å². The first-order chi connectivity index (χ1) is 12.0. The molecule has 0 saturated heterocycles. The van der Waals surface area contributed by atoms with Crippen molar-refractivity contribution in [3.05, 3.63) is 57.4 Å². The maximum atomic E-state index is 11.9. The third-order valence-electron chi connectivity index (χ3n) is 5.33. The molecule has 2 N–H and O–H groups in total. The highest BCUT2D eigenvalue weighted by molar-refractivity contribution is 6.31. The summed E-state index contributed by atoms with van der Waals surface area (Å²) in [6, 6.07) is 8.22. The number of benzene rings is 1. The molecule has 2 aromatic rings. The fraction of sp³-hybridized carbons (Fsp3) is 0.450. The maximum absolute atomic E-state index is 11.9. The Balaban J connectivity index is 1.91. The van der Waals surface area contributed by atoms with E-state index in [1.807, 2.05) is 38.1 Å².